The third-order valence-corrected chi connectivity index (χ3v) is 12.0. The molecule has 0 unspecified atom stereocenters. The van der Waals surface area contributed by atoms with Crippen LogP contribution in [0.1, 0.15) is 0 Å². The zero-order valence-corrected chi connectivity index (χ0v) is 33.6. The number of fused-ring (bicyclic) bond motifs is 6. The molecule has 0 atom stereocenters. The van der Waals surface area contributed by atoms with E-state index in [0.717, 1.165) is 39.1 Å². The average molecular weight is 792 g/mol. The molecule has 0 radical (unpaired) electrons. The molecule has 0 saturated carbocycles. The van der Waals surface area contributed by atoms with Gasteiger partial charge >= 0.3 is 0 Å². The van der Waals surface area contributed by atoms with Gasteiger partial charge in [0.15, 0.2) is 17.5 Å². The summed E-state index contributed by atoms with van der Waals surface area (Å²) in [6.45, 7) is 0. The Morgan fingerprint density at radius 1 is 0.226 bits per heavy atom. The Bertz CT molecular complexity index is 3540. The second-order valence-electron chi connectivity index (χ2n) is 15.7. The van der Waals surface area contributed by atoms with E-state index >= 15 is 0 Å². The van der Waals surface area contributed by atoms with E-state index in [1.807, 2.05) is 60.7 Å². The lowest BCUT2D eigenvalue weighted by Crippen LogP contribution is -2.00. The summed E-state index contributed by atoms with van der Waals surface area (Å²) < 4.78 is 4.82. The maximum Gasteiger partial charge on any atom is 0.164 e. The summed E-state index contributed by atoms with van der Waals surface area (Å²) in [5.41, 5.74) is 14.4. The first kappa shape index (κ1) is 35.5. The van der Waals surface area contributed by atoms with Gasteiger partial charge in [-0.25, -0.2) is 15.0 Å². The standard InChI is InChI=1S/C57H37N5/c1-5-15-38(16-6-1)43-27-32-48-47-23-13-14-24-51(47)62(53(48)35-43)46-31-34-52-50(37-46)49-33-28-44(39-17-7-2-8-18-39)36-54(49)61(52)45-29-25-42(26-30-45)57-59-55(40-19-9-3-10-20-40)58-56(60-57)41-21-11-4-12-22-41/h1-37H. The number of nitrogens with zero attached hydrogens (tertiary/aromatic N) is 5. The topological polar surface area (TPSA) is 48.5 Å². The molecule has 0 aliphatic carbocycles. The molecule has 3 aromatic heterocycles. The number of rotatable bonds is 7. The largest absolute Gasteiger partial charge is 0.309 e. The predicted molar refractivity (Wildman–Crippen MR) is 256 cm³/mol. The molecule has 3 heterocycles. The number of hydrogen-bond donors (Lipinski definition) is 0. The van der Waals surface area contributed by atoms with Crippen LogP contribution >= 0.6 is 0 Å². The molecule has 12 aromatic rings. The van der Waals surface area contributed by atoms with Crippen LogP contribution < -0.4 is 0 Å². The van der Waals surface area contributed by atoms with E-state index in [-0.39, 0.29) is 0 Å². The van der Waals surface area contributed by atoms with Gasteiger partial charge in [0.25, 0.3) is 0 Å². The van der Waals surface area contributed by atoms with Crippen molar-refractivity contribution in [1.82, 2.24) is 24.1 Å². The first-order chi connectivity index (χ1) is 30.7. The summed E-state index contributed by atoms with van der Waals surface area (Å²) in [7, 11) is 0. The highest BCUT2D eigenvalue weighted by molar-refractivity contribution is 6.13. The van der Waals surface area contributed by atoms with Crippen molar-refractivity contribution in [2.45, 2.75) is 0 Å². The summed E-state index contributed by atoms with van der Waals surface area (Å²) in [6.07, 6.45) is 0. The fraction of sp³-hybridized carbons (Fsp3) is 0. The summed E-state index contributed by atoms with van der Waals surface area (Å²) in [5, 5.41) is 4.85. The van der Waals surface area contributed by atoms with Crippen molar-refractivity contribution in [2.24, 2.45) is 0 Å². The summed E-state index contributed by atoms with van der Waals surface area (Å²) >= 11 is 0. The third kappa shape index (κ3) is 6.06. The Balaban J connectivity index is 1.03. The van der Waals surface area contributed by atoms with E-state index < -0.39 is 0 Å². The fourth-order valence-electron chi connectivity index (χ4n) is 8.99. The van der Waals surface area contributed by atoms with Crippen molar-refractivity contribution in [1.29, 1.82) is 0 Å². The molecule has 0 bridgehead atoms. The van der Waals surface area contributed by atoms with Crippen molar-refractivity contribution >= 4 is 43.6 Å². The van der Waals surface area contributed by atoms with E-state index in [1.54, 1.807) is 0 Å². The van der Waals surface area contributed by atoms with E-state index in [4.69, 9.17) is 15.0 Å². The van der Waals surface area contributed by atoms with Crippen molar-refractivity contribution in [3.8, 4) is 67.8 Å². The molecule has 62 heavy (non-hydrogen) atoms. The van der Waals surface area contributed by atoms with Crippen molar-refractivity contribution < 1.29 is 0 Å². The first-order valence-electron chi connectivity index (χ1n) is 20.9. The van der Waals surface area contributed by atoms with Crippen LogP contribution in [0.3, 0.4) is 0 Å². The lowest BCUT2D eigenvalue weighted by Gasteiger charge is -2.12. The Kier molecular flexibility index (Phi) is 8.42. The highest BCUT2D eigenvalue weighted by atomic mass is 15.0. The van der Waals surface area contributed by atoms with Gasteiger partial charge in [-0.15, -0.1) is 0 Å². The van der Waals surface area contributed by atoms with Crippen LogP contribution in [-0.4, -0.2) is 24.1 Å². The van der Waals surface area contributed by atoms with E-state index in [1.165, 1.54) is 54.8 Å². The Morgan fingerprint density at radius 2 is 0.597 bits per heavy atom. The molecule has 0 saturated heterocycles. The van der Waals surface area contributed by atoms with Gasteiger partial charge in [0.05, 0.1) is 22.1 Å². The predicted octanol–water partition coefficient (Wildman–Crippen LogP) is 14.4. The van der Waals surface area contributed by atoms with Crippen molar-refractivity contribution in [3.05, 3.63) is 224 Å². The van der Waals surface area contributed by atoms with Crippen LogP contribution in [-0.2, 0) is 0 Å². The molecule has 0 aliphatic rings. The van der Waals surface area contributed by atoms with Gasteiger partial charge in [-0.3, -0.25) is 0 Å². The highest BCUT2D eigenvalue weighted by Crippen LogP contribution is 2.40. The lowest BCUT2D eigenvalue weighted by molar-refractivity contribution is 1.07. The van der Waals surface area contributed by atoms with Crippen LogP contribution in [0.15, 0.2) is 224 Å². The van der Waals surface area contributed by atoms with E-state index in [2.05, 4.69) is 173 Å². The van der Waals surface area contributed by atoms with Crippen LogP contribution in [0.25, 0.3) is 111 Å². The zero-order valence-electron chi connectivity index (χ0n) is 33.6. The van der Waals surface area contributed by atoms with Gasteiger partial charge in [-0.2, -0.15) is 0 Å². The summed E-state index contributed by atoms with van der Waals surface area (Å²) in [6, 6.07) is 79.5. The maximum atomic E-state index is 5.01. The second-order valence-corrected chi connectivity index (χ2v) is 15.7. The normalized spacial score (nSPS) is 11.5. The molecule has 0 aliphatic heterocycles. The van der Waals surface area contributed by atoms with E-state index in [9.17, 15) is 0 Å². The van der Waals surface area contributed by atoms with Crippen molar-refractivity contribution in [3.63, 3.8) is 0 Å². The van der Waals surface area contributed by atoms with Crippen LogP contribution in [0, 0.1) is 0 Å². The zero-order chi connectivity index (χ0) is 41.0. The minimum Gasteiger partial charge on any atom is -0.309 e. The fourth-order valence-corrected chi connectivity index (χ4v) is 8.99. The molecular weight excluding hydrogens is 755 g/mol. The molecule has 5 nitrogen and oxygen atoms in total. The molecule has 0 fully saturated rings. The van der Waals surface area contributed by atoms with Gasteiger partial charge in [0.2, 0.25) is 0 Å². The Labute approximate surface area is 358 Å². The summed E-state index contributed by atoms with van der Waals surface area (Å²) in [5.74, 6) is 1.92. The van der Waals surface area contributed by atoms with Gasteiger partial charge in [0, 0.05) is 49.6 Å². The number of hydrogen-bond acceptors (Lipinski definition) is 3. The third-order valence-electron chi connectivity index (χ3n) is 12.0. The monoisotopic (exact) mass is 791 g/mol. The molecular formula is C57H37N5. The highest BCUT2D eigenvalue weighted by Gasteiger charge is 2.19. The minimum atomic E-state index is 0.629. The Morgan fingerprint density at radius 3 is 1.13 bits per heavy atom. The van der Waals surface area contributed by atoms with E-state index in [0.29, 0.717) is 17.5 Å². The molecule has 0 N–H and O–H groups in total. The second kappa shape index (κ2) is 14.7. The molecule has 0 amide bonds. The average Bonchev–Trinajstić information content (AvgIpc) is 3.86. The number of aromatic nitrogens is 5. The maximum absolute atomic E-state index is 5.01. The molecule has 0 spiro atoms. The summed E-state index contributed by atoms with van der Waals surface area (Å²) in [4.78, 5) is 14.9. The van der Waals surface area contributed by atoms with Crippen LogP contribution in [0.4, 0.5) is 0 Å². The minimum absolute atomic E-state index is 0.629. The lowest BCUT2D eigenvalue weighted by atomic mass is 10.0. The SMILES string of the molecule is c1ccc(-c2ccc3c4ccccc4n(-c4ccc5c(c4)c4ccc(-c6ccccc6)cc4n5-c4ccc(-c5nc(-c6ccccc6)nc(-c6ccccc6)n5)cc4)c3c2)cc1. The number of para-hydroxylation sites is 1. The van der Waals surface area contributed by atoms with Gasteiger partial charge < -0.3 is 9.13 Å². The quantitative estimate of drug-likeness (QED) is 0.162. The first-order valence-corrected chi connectivity index (χ1v) is 20.9. The van der Waals surface area contributed by atoms with Gasteiger partial charge in [-0.1, -0.05) is 164 Å². The van der Waals surface area contributed by atoms with Crippen LogP contribution in [0.5, 0.6) is 0 Å². The molecule has 9 aromatic carbocycles. The number of benzene rings is 9. The molecule has 5 heteroatoms. The smallest absolute Gasteiger partial charge is 0.164 e. The Hall–Kier alpha value is -8.41. The van der Waals surface area contributed by atoms with Gasteiger partial charge in [0.1, 0.15) is 0 Å². The van der Waals surface area contributed by atoms with Crippen molar-refractivity contribution in [2.75, 3.05) is 0 Å². The van der Waals surface area contributed by atoms with Crippen LogP contribution in [0.2, 0.25) is 0 Å². The van der Waals surface area contributed by atoms with Gasteiger partial charge in [-0.05, 0) is 82.9 Å². The molecule has 12 rings (SSSR count). The molecule has 290 valence electrons.